The van der Waals surface area contributed by atoms with E-state index in [0.717, 1.165) is 24.1 Å². The molecule has 1 aliphatic heterocycles. The van der Waals surface area contributed by atoms with Gasteiger partial charge in [0.05, 0.1) is 18.2 Å². The van der Waals surface area contributed by atoms with Crippen molar-refractivity contribution in [3.05, 3.63) is 29.9 Å². The first-order valence-electron chi connectivity index (χ1n) is 8.26. The van der Waals surface area contributed by atoms with Crippen molar-refractivity contribution in [2.45, 2.75) is 19.8 Å². The van der Waals surface area contributed by atoms with E-state index in [1.807, 2.05) is 17.5 Å². The van der Waals surface area contributed by atoms with Gasteiger partial charge in [-0.15, -0.1) is 11.3 Å². The van der Waals surface area contributed by atoms with Crippen LogP contribution in [0.4, 0.5) is 9.93 Å². The molecule has 0 spiro atoms. The first kappa shape index (κ1) is 17.3. The number of hydrogen-bond acceptors (Lipinski definition) is 6. The number of carbonyl (C=O) groups excluding carboxylic acids is 2. The van der Waals surface area contributed by atoms with Gasteiger partial charge in [0.25, 0.3) is 0 Å². The zero-order valence-electron chi connectivity index (χ0n) is 14.0. The second kappa shape index (κ2) is 8.06. The van der Waals surface area contributed by atoms with Gasteiger partial charge in [0, 0.05) is 36.4 Å². The molecule has 1 N–H and O–H groups in total. The monoisotopic (exact) mass is 360 g/mol. The fourth-order valence-electron chi connectivity index (χ4n) is 2.76. The summed E-state index contributed by atoms with van der Waals surface area (Å²) in [5, 5.41) is 5.30. The molecule has 2 aromatic rings. The molecular weight excluding hydrogens is 340 g/mol. The van der Waals surface area contributed by atoms with E-state index in [0.29, 0.717) is 24.8 Å². The van der Waals surface area contributed by atoms with Gasteiger partial charge in [-0.2, -0.15) is 0 Å². The van der Waals surface area contributed by atoms with Crippen molar-refractivity contribution < 1.29 is 14.3 Å². The third-order valence-electron chi connectivity index (χ3n) is 4.01. The smallest absolute Gasteiger partial charge is 0.409 e. The zero-order valence-corrected chi connectivity index (χ0v) is 14.8. The highest BCUT2D eigenvalue weighted by Crippen LogP contribution is 2.25. The Morgan fingerprint density at radius 3 is 3.12 bits per heavy atom. The van der Waals surface area contributed by atoms with Crippen LogP contribution in [0, 0.1) is 5.92 Å². The lowest BCUT2D eigenvalue weighted by atomic mass is 9.97. The summed E-state index contributed by atoms with van der Waals surface area (Å²) >= 11 is 1.38. The normalized spacial score (nSPS) is 17.2. The third kappa shape index (κ3) is 4.33. The number of nitrogens with one attached hydrogen (secondary N) is 1. The topological polar surface area (TPSA) is 84.4 Å². The lowest BCUT2D eigenvalue weighted by molar-refractivity contribution is -0.121. The number of hydrogen-bond donors (Lipinski definition) is 1. The summed E-state index contributed by atoms with van der Waals surface area (Å²) in [6, 6.07) is 3.77. The van der Waals surface area contributed by atoms with E-state index in [1.54, 1.807) is 24.2 Å². The highest BCUT2D eigenvalue weighted by molar-refractivity contribution is 7.14. The van der Waals surface area contributed by atoms with Crippen LogP contribution in [0.15, 0.2) is 29.9 Å². The summed E-state index contributed by atoms with van der Waals surface area (Å²) in [5.41, 5.74) is 1.69. The van der Waals surface area contributed by atoms with Gasteiger partial charge in [-0.25, -0.2) is 9.78 Å². The molecule has 7 nitrogen and oxygen atoms in total. The van der Waals surface area contributed by atoms with Gasteiger partial charge in [-0.1, -0.05) is 0 Å². The number of anilines is 1. The van der Waals surface area contributed by atoms with Crippen LogP contribution in [-0.2, 0) is 9.53 Å². The predicted molar refractivity (Wildman–Crippen MR) is 95.3 cm³/mol. The van der Waals surface area contributed by atoms with E-state index < -0.39 is 0 Å². The van der Waals surface area contributed by atoms with Crippen molar-refractivity contribution in [3.8, 4) is 11.3 Å². The Labute approximate surface area is 150 Å². The SMILES string of the molecule is CCOC(=O)N1CCCC(C(=O)Nc2nc(-c3cccnc3)cs2)C1. The summed E-state index contributed by atoms with van der Waals surface area (Å²) in [4.78, 5) is 34.5. The maximum absolute atomic E-state index is 12.5. The van der Waals surface area contributed by atoms with E-state index in [9.17, 15) is 9.59 Å². The van der Waals surface area contributed by atoms with Crippen LogP contribution in [-0.4, -0.2) is 46.6 Å². The molecule has 1 fully saturated rings. The Balaban J connectivity index is 1.60. The van der Waals surface area contributed by atoms with Crippen LogP contribution in [0.2, 0.25) is 0 Å². The minimum atomic E-state index is -0.354. The van der Waals surface area contributed by atoms with Gasteiger partial charge in [0.1, 0.15) is 0 Å². The number of nitrogens with zero attached hydrogens (tertiary/aromatic N) is 3. The van der Waals surface area contributed by atoms with Gasteiger partial charge in [0.15, 0.2) is 5.13 Å². The van der Waals surface area contributed by atoms with Gasteiger partial charge >= 0.3 is 6.09 Å². The molecule has 2 amide bonds. The van der Waals surface area contributed by atoms with Crippen molar-refractivity contribution in [1.29, 1.82) is 0 Å². The molecule has 2 aromatic heterocycles. The molecule has 0 radical (unpaired) electrons. The highest BCUT2D eigenvalue weighted by Gasteiger charge is 2.29. The molecule has 0 bridgehead atoms. The summed E-state index contributed by atoms with van der Waals surface area (Å²) in [5.74, 6) is -0.356. The Bertz CT molecular complexity index is 735. The molecule has 0 saturated carbocycles. The number of ether oxygens (including phenoxy) is 1. The van der Waals surface area contributed by atoms with E-state index in [4.69, 9.17) is 4.74 Å². The Morgan fingerprint density at radius 2 is 2.36 bits per heavy atom. The van der Waals surface area contributed by atoms with Crippen molar-refractivity contribution in [1.82, 2.24) is 14.9 Å². The minimum Gasteiger partial charge on any atom is -0.450 e. The summed E-state index contributed by atoms with van der Waals surface area (Å²) in [7, 11) is 0. The molecule has 8 heteroatoms. The van der Waals surface area contributed by atoms with Crippen LogP contribution in [0.5, 0.6) is 0 Å². The highest BCUT2D eigenvalue weighted by atomic mass is 32.1. The zero-order chi connectivity index (χ0) is 17.6. The fraction of sp³-hybridized carbons (Fsp3) is 0.412. The number of carbonyl (C=O) groups is 2. The molecule has 1 saturated heterocycles. The number of pyridine rings is 1. The molecule has 132 valence electrons. The average molecular weight is 360 g/mol. The number of thiazole rings is 1. The molecule has 25 heavy (non-hydrogen) atoms. The van der Waals surface area contributed by atoms with Gasteiger partial charge in [-0.3, -0.25) is 9.78 Å². The van der Waals surface area contributed by atoms with Crippen LogP contribution >= 0.6 is 11.3 Å². The van der Waals surface area contributed by atoms with Gasteiger partial charge in [-0.05, 0) is 31.9 Å². The fourth-order valence-corrected chi connectivity index (χ4v) is 3.48. The van der Waals surface area contributed by atoms with Crippen LogP contribution < -0.4 is 5.32 Å². The lowest BCUT2D eigenvalue weighted by Crippen LogP contribution is -2.44. The van der Waals surface area contributed by atoms with E-state index in [-0.39, 0.29) is 17.9 Å². The van der Waals surface area contributed by atoms with E-state index >= 15 is 0 Å². The predicted octanol–water partition coefficient (Wildman–Crippen LogP) is 3.01. The number of piperidine rings is 1. The first-order chi connectivity index (χ1) is 12.2. The molecule has 3 rings (SSSR count). The Hall–Kier alpha value is -2.48. The molecule has 0 aliphatic carbocycles. The van der Waals surface area contributed by atoms with Crippen LogP contribution in [0.25, 0.3) is 11.3 Å². The van der Waals surface area contributed by atoms with Crippen molar-refractivity contribution in [3.63, 3.8) is 0 Å². The van der Waals surface area contributed by atoms with Crippen LogP contribution in [0.3, 0.4) is 0 Å². The average Bonchev–Trinajstić information content (AvgIpc) is 3.11. The third-order valence-corrected chi connectivity index (χ3v) is 4.77. The van der Waals surface area contributed by atoms with Crippen LogP contribution in [0.1, 0.15) is 19.8 Å². The maximum atomic E-state index is 12.5. The number of rotatable bonds is 4. The summed E-state index contributed by atoms with van der Waals surface area (Å²) in [6.45, 7) is 3.12. The quantitative estimate of drug-likeness (QED) is 0.906. The Kier molecular flexibility index (Phi) is 5.60. The minimum absolute atomic E-state index is 0.110. The summed E-state index contributed by atoms with van der Waals surface area (Å²) < 4.78 is 5.02. The second-order valence-corrected chi connectivity index (χ2v) is 6.61. The van der Waals surface area contributed by atoms with E-state index in [2.05, 4.69) is 15.3 Å². The number of likely N-dealkylation sites (tertiary alicyclic amines) is 1. The van der Waals surface area contributed by atoms with E-state index in [1.165, 1.54) is 11.3 Å². The molecule has 1 aliphatic rings. The second-order valence-electron chi connectivity index (χ2n) is 5.75. The largest absolute Gasteiger partial charge is 0.450 e. The lowest BCUT2D eigenvalue weighted by Gasteiger charge is -2.30. The van der Waals surface area contributed by atoms with Crippen molar-refractivity contribution in [2.24, 2.45) is 5.92 Å². The maximum Gasteiger partial charge on any atom is 0.409 e. The molecule has 1 unspecified atom stereocenters. The van der Waals surface area contributed by atoms with Gasteiger partial charge < -0.3 is 15.0 Å². The number of aromatic nitrogens is 2. The molecular formula is C17H20N4O3S. The van der Waals surface area contributed by atoms with Crippen molar-refractivity contribution >= 4 is 28.5 Å². The van der Waals surface area contributed by atoms with Gasteiger partial charge in [0.2, 0.25) is 5.91 Å². The van der Waals surface area contributed by atoms with Crippen molar-refractivity contribution in [2.75, 3.05) is 25.0 Å². The molecule has 1 atom stereocenters. The number of amides is 2. The summed E-state index contributed by atoms with van der Waals surface area (Å²) in [6.07, 6.45) is 4.63. The molecule has 0 aromatic carbocycles. The standard InChI is InChI=1S/C17H20N4O3S/c1-2-24-17(23)21-8-4-6-13(10-21)15(22)20-16-19-14(11-25-16)12-5-3-7-18-9-12/h3,5,7,9,11,13H,2,4,6,8,10H2,1H3,(H,19,20,22). The molecule has 3 heterocycles. The Morgan fingerprint density at radius 1 is 1.48 bits per heavy atom. The first-order valence-corrected chi connectivity index (χ1v) is 9.14.